The molecule has 1 aliphatic heterocycles. The van der Waals surface area contributed by atoms with Crippen molar-refractivity contribution in [3.8, 4) is 0 Å². The van der Waals surface area contributed by atoms with Crippen molar-refractivity contribution in [3.05, 3.63) is 83.8 Å². The van der Waals surface area contributed by atoms with Crippen molar-refractivity contribution in [1.29, 1.82) is 0 Å². The summed E-state index contributed by atoms with van der Waals surface area (Å²) in [6.07, 6.45) is -3.60. The summed E-state index contributed by atoms with van der Waals surface area (Å²) < 4.78 is 80.1. The molecule has 8 nitrogen and oxygen atoms in total. The number of rotatable bonds is 4. The van der Waals surface area contributed by atoms with E-state index in [1.54, 1.807) is 6.07 Å². The van der Waals surface area contributed by atoms with Gasteiger partial charge in [-0.2, -0.15) is 21.6 Å². The lowest BCUT2D eigenvalue weighted by molar-refractivity contribution is -0.138. The lowest BCUT2D eigenvalue weighted by Crippen LogP contribution is -2.46. The summed E-state index contributed by atoms with van der Waals surface area (Å²) >= 11 is 0. The molecule has 3 aromatic rings. The third kappa shape index (κ3) is 6.92. The van der Waals surface area contributed by atoms with Crippen LogP contribution in [0.2, 0.25) is 0 Å². The SMILES string of the molecule is NC(=O)c1ccc(F)cc1C(F)(F)F.O=S(=O)(O)c1ccc(N2CCN(c3ccccc3)CC2)nc1. The molecule has 0 aliphatic carbocycles. The minimum Gasteiger partial charge on any atom is -0.368 e. The van der Waals surface area contributed by atoms with E-state index in [1.807, 2.05) is 18.2 Å². The minimum absolute atomic E-state index is 0.181. The number of carbonyl (C=O) groups is 1. The summed E-state index contributed by atoms with van der Waals surface area (Å²) in [5.74, 6) is -1.58. The summed E-state index contributed by atoms with van der Waals surface area (Å²) in [5, 5.41) is 0. The third-order valence-corrected chi connectivity index (χ3v) is 6.13. The van der Waals surface area contributed by atoms with E-state index in [9.17, 15) is 30.8 Å². The Labute approximate surface area is 204 Å². The van der Waals surface area contributed by atoms with Crippen LogP contribution in [0.1, 0.15) is 15.9 Å². The quantitative estimate of drug-likeness (QED) is 0.394. The van der Waals surface area contributed by atoms with E-state index in [4.69, 9.17) is 10.3 Å². The van der Waals surface area contributed by atoms with E-state index in [2.05, 4.69) is 26.9 Å². The van der Waals surface area contributed by atoms with Gasteiger partial charge in [0, 0.05) is 31.9 Å². The highest BCUT2D eigenvalue weighted by atomic mass is 32.2. The number of piperazine rings is 1. The number of carbonyl (C=O) groups excluding carboxylic acids is 1. The van der Waals surface area contributed by atoms with E-state index < -0.39 is 39.1 Å². The summed E-state index contributed by atoms with van der Waals surface area (Å²) in [6, 6.07) is 14.9. The summed E-state index contributed by atoms with van der Waals surface area (Å²) in [5.41, 5.74) is 3.81. The van der Waals surface area contributed by atoms with Crippen molar-refractivity contribution in [2.24, 2.45) is 5.73 Å². The van der Waals surface area contributed by atoms with Crippen LogP contribution in [0.15, 0.2) is 71.8 Å². The van der Waals surface area contributed by atoms with Crippen LogP contribution in [0.4, 0.5) is 29.1 Å². The predicted octanol–water partition coefficient (Wildman–Crippen LogP) is 3.60. The second kappa shape index (κ2) is 10.9. The number of anilines is 2. The van der Waals surface area contributed by atoms with Gasteiger partial charge in [-0.1, -0.05) is 18.2 Å². The van der Waals surface area contributed by atoms with Crippen molar-refractivity contribution in [3.63, 3.8) is 0 Å². The Morgan fingerprint density at radius 2 is 1.56 bits per heavy atom. The van der Waals surface area contributed by atoms with E-state index in [1.165, 1.54) is 18.0 Å². The zero-order chi connectivity index (χ0) is 26.5. The molecule has 1 fully saturated rings. The van der Waals surface area contributed by atoms with Gasteiger partial charge in [0.25, 0.3) is 10.1 Å². The number of alkyl halides is 3. The number of hydrogen-bond donors (Lipinski definition) is 2. The van der Waals surface area contributed by atoms with Crippen molar-refractivity contribution in [2.75, 3.05) is 36.0 Å². The molecule has 0 spiro atoms. The van der Waals surface area contributed by atoms with Gasteiger partial charge in [-0.3, -0.25) is 9.35 Å². The average molecular weight is 527 g/mol. The molecule has 0 saturated carbocycles. The first-order valence-electron chi connectivity index (χ1n) is 10.5. The van der Waals surface area contributed by atoms with Crippen LogP contribution in [-0.4, -0.2) is 50.0 Å². The molecule has 3 N–H and O–H groups in total. The summed E-state index contributed by atoms with van der Waals surface area (Å²) in [4.78, 5) is 18.9. The minimum atomic E-state index is -4.79. The highest BCUT2D eigenvalue weighted by Crippen LogP contribution is 2.32. The van der Waals surface area contributed by atoms with Gasteiger partial charge in [0.15, 0.2) is 0 Å². The molecule has 1 saturated heterocycles. The largest absolute Gasteiger partial charge is 0.417 e. The fraction of sp³-hybridized carbons (Fsp3) is 0.217. The first kappa shape index (κ1) is 26.9. The lowest BCUT2D eigenvalue weighted by atomic mass is 10.1. The lowest BCUT2D eigenvalue weighted by Gasteiger charge is -2.36. The standard InChI is InChI=1S/C15H17N3O3S.C8H5F4NO/c19-22(20,21)14-6-7-15(16-12-14)18-10-8-17(9-11-18)13-4-2-1-3-5-13;9-4-1-2-5(7(13)14)6(3-4)8(10,11)12/h1-7,12H,8-11H2,(H,19,20,21);1-3H,(H2,13,14). The van der Waals surface area contributed by atoms with Gasteiger partial charge in [0.1, 0.15) is 16.5 Å². The monoisotopic (exact) mass is 526 g/mol. The molecule has 4 rings (SSSR count). The van der Waals surface area contributed by atoms with Crippen LogP contribution in [0.25, 0.3) is 0 Å². The Morgan fingerprint density at radius 3 is 2.06 bits per heavy atom. The maximum atomic E-state index is 12.5. The maximum Gasteiger partial charge on any atom is 0.417 e. The molecule has 1 aromatic heterocycles. The van der Waals surface area contributed by atoms with Crippen LogP contribution < -0.4 is 15.5 Å². The zero-order valence-electron chi connectivity index (χ0n) is 18.7. The summed E-state index contributed by atoms with van der Waals surface area (Å²) in [6.45, 7) is 3.39. The molecular formula is C23H22F4N4O4S. The van der Waals surface area contributed by atoms with Gasteiger partial charge < -0.3 is 15.5 Å². The summed E-state index contributed by atoms with van der Waals surface area (Å²) in [7, 11) is -4.18. The number of para-hydroxylation sites is 1. The van der Waals surface area contributed by atoms with E-state index >= 15 is 0 Å². The van der Waals surface area contributed by atoms with Crippen LogP contribution in [0.5, 0.6) is 0 Å². The number of hydrogen-bond acceptors (Lipinski definition) is 6. The molecule has 192 valence electrons. The molecule has 0 atom stereocenters. The fourth-order valence-electron chi connectivity index (χ4n) is 3.51. The number of benzene rings is 2. The van der Waals surface area contributed by atoms with Crippen LogP contribution in [-0.2, 0) is 16.3 Å². The fourth-order valence-corrected chi connectivity index (χ4v) is 3.94. The van der Waals surface area contributed by atoms with Gasteiger partial charge in [0.05, 0.1) is 17.3 Å². The third-order valence-electron chi connectivity index (χ3n) is 5.30. The Kier molecular flexibility index (Phi) is 8.15. The molecule has 1 amide bonds. The molecule has 2 aromatic carbocycles. The molecule has 0 unspecified atom stereocenters. The molecule has 13 heteroatoms. The number of pyridine rings is 1. The van der Waals surface area contributed by atoms with Gasteiger partial charge in [-0.25, -0.2) is 9.37 Å². The number of nitrogens with two attached hydrogens (primary N) is 1. The Balaban J connectivity index is 0.000000223. The zero-order valence-corrected chi connectivity index (χ0v) is 19.5. The van der Waals surface area contributed by atoms with Gasteiger partial charge >= 0.3 is 6.18 Å². The van der Waals surface area contributed by atoms with Crippen LogP contribution in [0.3, 0.4) is 0 Å². The number of aromatic nitrogens is 1. The van der Waals surface area contributed by atoms with Crippen molar-refractivity contribution in [2.45, 2.75) is 11.1 Å². The van der Waals surface area contributed by atoms with Crippen molar-refractivity contribution in [1.82, 2.24) is 4.98 Å². The molecular weight excluding hydrogens is 504 g/mol. The van der Waals surface area contributed by atoms with E-state index in [-0.39, 0.29) is 11.0 Å². The number of halogens is 4. The Bertz CT molecular complexity index is 1300. The molecule has 0 radical (unpaired) electrons. The number of primary amides is 1. The number of amides is 1. The van der Waals surface area contributed by atoms with Crippen LogP contribution in [0, 0.1) is 5.82 Å². The second-order valence-electron chi connectivity index (χ2n) is 7.69. The van der Waals surface area contributed by atoms with E-state index in [0.29, 0.717) is 6.07 Å². The van der Waals surface area contributed by atoms with E-state index in [0.717, 1.165) is 38.1 Å². The molecule has 0 bridgehead atoms. The smallest absolute Gasteiger partial charge is 0.368 e. The Hall–Kier alpha value is -3.71. The van der Waals surface area contributed by atoms with Crippen LogP contribution >= 0.6 is 0 Å². The van der Waals surface area contributed by atoms with Gasteiger partial charge in [0.2, 0.25) is 5.91 Å². The first-order valence-corrected chi connectivity index (χ1v) is 12.0. The predicted molar refractivity (Wildman–Crippen MR) is 125 cm³/mol. The van der Waals surface area contributed by atoms with Crippen molar-refractivity contribution >= 4 is 27.5 Å². The Morgan fingerprint density at radius 1 is 0.944 bits per heavy atom. The number of nitrogens with zero attached hydrogens (tertiary/aromatic N) is 3. The average Bonchev–Trinajstić information content (AvgIpc) is 2.84. The highest BCUT2D eigenvalue weighted by molar-refractivity contribution is 7.85. The second-order valence-corrected chi connectivity index (χ2v) is 9.11. The molecule has 36 heavy (non-hydrogen) atoms. The first-order chi connectivity index (χ1) is 16.9. The van der Waals surface area contributed by atoms with Gasteiger partial charge in [-0.15, -0.1) is 0 Å². The van der Waals surface area contributed by atoms with Gasteiger partial charge in [-0.05, 0) is 42.5 Å². The van der Waals surface area contributed by atoms with Crippen molar-refractivity contribution < 1.29 is 35.3 Å². The normalized spacial score (nSPS) is 14.1. The topological polar surface area (TPSA) is 117 Å². The molecule has 2 heterocycles. The molecule has 1 aliphatic rings. The highest BCUT2D eigenvalue weighted by Gasteiger charge is 2.35. The maximum absolute atomic E-state index is 12.5.